The third-order valence-electron chi connectivity index (χ3n) is 2.47. The van der Waals surface area contributed by atoms with Gasteiger partial charge < -0.3 is 0 Å². The highest BCUT2D eigenvalue weighted by Crippen LogP contribution is 2.13. The molecule has 1 aromatic carbocycles. The molecule has 5 nitrogen and oxygen atoms in total. The molecule has 0 radical (unpaired) electrons. The summed E-state index contributed by atoms with van der Waals surface area (Å²) in [5.74, 6) is -0.211. The van der Waals surface area contributed by atoms with Crippen LogP contribution in [-0.2, 0) is 4.84 Å². The van der Waals surface area contributed by atoms with Crippen LogP contribution >= 0.6 is 0 Å². The molecule has 0 fully saturated rings. The first kappa shape index (κ1) is 11.5. The molecular weight excluding hydrogens is 218 g/mol. The highest BCUT2D eigenvalue weighted by atomic mass is 16.7. The first-order chi connectivity index (χ1) is 8.11. The van der Waals surface area contributed by atoms with Crippen LogP contribution in [0.3, 0.4) is 0 Å². The molecule has 5 heteroatoms. The minimum absolute atomic E-state index is 0.211. The van der Waals surface area contributed by atoms with E-state index in [2.05, 4.69) is 9.97 Å². The molecule has 0 aliphatic carbocycles. The van der Waals surface area contributed by atoms with E-state index in [-0.39, 0.29) is 5.91 Å². The third-order valence-corrected chi connectivity index (χ3v) is 2.47. The first-order valence-electron chi connectivity index (χ1n) is 5.17. The molecule has 0 saturated carbocycles. The standard InChI is InChI=1S/C12H13N3O2/c1-8-7-13-11-6-9(4-5-10(11)14-8)12(16)15(2)17-3/h4-7H,1-3H3. The number of carbonyl (C=O) groups is 1. The van der Waals surface area contributed by atoms with E-state index in [1.807, 2.05) is 6.92 Å². The lowest BCUT2D eigenvalue weighted by molar-refractivity contribution is -0.0756. The molecule has 0 aliphatic rings. The number of nitrogens with zero attached hydrogens (tertiary/aromatic N) is 3. The van der Waals surface area contributed by atoms with Gasteiger partial charge in [0, 0.05) is 18.8 Å². The molecular formula is C12H13N3O2. The molecule has 1 amide bonds. The van der Waals surface area contributed by atoms with E-state index in [9.17, 15) is 4.79 Å². The Balaban J connectivity index is 2.45. The van der Waals surface area contributed by atoms with Crippen molar-refractivity contribution in [1.82, 2.24) is 15.0 Å². The van der Waals surface area contributed by atoms with E-state index in [0.717, 1.165) is 11.2 Å². The summed E-state index contributed by atoms with van der Waals surface area (Å²) < 4.78 is 0. The van der Waals surface area contributed by atoms with Crippen molar-refractivity contribution in [2.75, 3.05) is 14.2 Å². The summed E-state index contributed by atoms with van der Waals surface area (Å²) in [6, 6.07) is 5.21. The summed E-state index contributed by atoms with van der Waals surface area (Å²) in [5.41, 5.74) is 2.86. The number of hydrogen-bond acceptors (Lipinski definition) is 4. The maximum Gasteiger partial charge on any atom is 0.277 e. The summed E-state index contributed by atoms with van der Waals surface area (Å²) in [4.78, 5) is 25.2. The molecule has 1 aromatic heterocycles. The second-order valence-corrected chi connectivity index (χ2v) is 3.70. The molecule has 1 heterocycles. The van der Waals surface area contributed by atoms with E-state index in [1.54, 1.807) is 31.4 Å². The smallest absolute Gasteiger partial charge is 0.274 e. The Morgan fingerprint density at radius 3 is 2.82 bits per heavy atom. The third kappa shape index (κ3) is 2.24. The number of aromatic nitrogens is 2. The van der Waals surface area contributed by atoms with E-state index < -0.39 is 0 Å². The second-order valence-electron chi connectivity index (χ2n) is 3.70. The Hall–Kier alpha value is -2.01. The van der Waals surface area contributed by atoms with Gasteiger partial charge in [-0.3, -0.25) is 14.6 Å². The molecule has 2 rings (SSSR count). The molecule has 0 saturated heterocycles. The lowest BCUT2D eigenvalue weighted by Crippen LogP contribution is -2.25. The van der Waals surface area contributed by atoms with Crippen molar-refractivity contribution in [2.24, 2.45) is 0 Å². The number of rotatable bonds is 2. The van der Waals surface area contributed by atoms with Gasteiger partial charge in [-0.05, 0) is 25.1 Å². The first-order valence-corrected chi connectivity index (χ1v) is 5.17. The highest BCUT2D eigenvalue weighted by molar-refractivity contribution is 5.96. The number of amides is 1. The van der Waals surface area contributed by atoms with Crippen molar-refractivity contribution in [3.05, 3.63) is 35.7 Å². The van der Waals surface area contributed by atoms with Gasteiger partial charge in [-0.2, -0.15) is 0 Å². The maximum absolute atomic E-state index is 11.8. The average Bonchev–Trinajstić information content (AvgIpc) is 2.36. The summed E-state index contributed by atoms with van der Waals surface area (Å²) in [7, 11) is 3.01. The van der Waals surface area contributed by atoms with Gasteiger partial charge in [-0.15, -0.1) is 0 Å². The lowest BCUT2D eigenvalue weighted by atomic mass is 10.2. The number of carbonyl (C=O) groups excluding carboxylic acids is 1. The van der Waals surface area contributed by atoms with E-state index >= 15 is 0 Å². The van der Waals surface area contributed by atoms with Gasteiger partial charge in [0.25, 0.3) is 5.91 Å². The maximum atomic E-state index is 11.8. The predicted molar refractivity (Wildman–Crippen MR) is 63.4 cm³/mol. The lowest BCUT2D eigenvalue weighted by Gasteiger charge is -2.13. The molecule has 17 heavy (non-hydrogen) atoms. The van der Waals surface area contributed by atoms with Crippen LogP contribution in [0, 0.1) is 6.92 Å². The van der Waals surface area contributed by atoms with Gasteiger partial charge in [0.2, 0.25) is 0 Å². The normalized spacial score (nSPS) is 10.5. The number of hydrogen-bond donors (Lipinski definition) is 0. The Kier molecular flexibility index (Phi) is 3.01. The van der Waals surface area contributed by atoms with Gasteiger partial charge in [0.15, 0.2) is 0 Å². The molecule has 88 valence electrons. The van der Waals surface area contributed by atoms with Gasteiger partial charge in [0.05, 0.1) is 23.8 Å². The number of hydroxylamine groups is 2. The number of benzene rings is 1. The Labute approximate surface area is 99.0 Å². The monoisotopic (exact) mass is 231 g/mol. The van der Waals surface area contributed by atoms with Crippen LogP contribution in [0.25, 0.3) is 11.0 Å². The fraction of sp³-hybridized carbons (Fsp3) is 0.250. The molecule has 0 aliphatic heterocycles. The molecule has 0 spiro atoms. The van der Waals surface area contributed by atoms with E-state index in [1.165, 1.54) is 12.2 Å². The molecule has 0 N–H and O–H groups in total. The van der Waals surface area contributed by atoms with Crippen molar-refractivity contribution in [3.63, 3.8) is 0 Å². The van der Waals surface area contributed by atoms with E-state index in [0.29, 0.717) is 11.1 Å². The van der Waals surface area contributed by atoms with Crippen LogP contribution in [0.4, 0.5) is 0 Å². The van der Waals surface area contributed by atoms with Crippen LogP contribution in [0.5, 0.6) is 0 Å². The Morgan fingerprint density at radius 2 is 2.12 bits per heavy atom. The summed E-state index contributed by atoms with van der Waals surface area (Å²) in [5, 5.41) is 1.17. The zero-order valence-electron chi connectivity index (χ0n) is 9.97. The van der Waals surface area contributed by atoms with Gasteiger partial charge in [0.1, 0.15) is 0 Å². The quantitative estimate of drug-likeness (QED) is 0.736. The predicted octanol–water partition coefficient (Wildman–Crippen LogP) is 1.57. The minimum atomic E-state index is -0.211. The summed E-state index contributed by atoms with van der Waals surface area (Å²) >= 11 is 0. The molecule has 2 aromatic rings. The summed E-state index contributed by atoms with van der Waals surface area (Å²) in [6.07, 6.45) is 1.68. The molecule has 0 bridgehead atoms. The zero-order valence-corrected chi connectivity index (χ0v) is 9.97. The Morgan fingerprint density at radius 1 is 1.35 bits per heavy atom. The van der Waals surface area contributed by atoms with Crippen LogP contribution in [0.15, 0.2) is 24.4 Å². The summed E-state index contributed by atoms with van der Waals surface area (Å²) in [6.45, 7) is 1.88. The van der Waals surface area contributed by atoms with Crippen LogP contribution in [0.1, 0.15) is 16.1 Å². The van der Waals surface area contributed by atoms with Gasteiger partial charge >= 0.3 is 0 Å². The van der Waals surface area contributed by atoms with Gasteiger partial charge in [-0.25, -0.2) is 10.0 Å². The van der Waals surface area contributed by atoms with Crippen LogP contribution in [-0.4, -0.2) is 35.1 Å². The number of fused-ring (bicyclic) bond motifs is 1. The molecule has 0 atom stereocenters. The largest absolute Gasteiger partial charge is 0.277 e. The fourth-order valence-corrected chi connectivity index (χ4v) is 1.50. The minimum Gasteiger partial charge on any atom is -0.274 e. The van der Waals surface area contributed by atoms with Crippen molar-refractivity contribution in [1.29, 1.82) is 0 Å². The highest BCUT2D eigenvalue weighted by Gasteiger charge is 2.12. The van der Waals surface area contributed by atoms with Crippen molar-refractivity contribution in [2.45, 2.75) is 6.92 Å². The van der Waals surface area contributed by atoms with Crippen molar-refractivity contribution < 1.29 is 9.63 Å². The van der Waals surface area contributed by atoms with Crippen molar-refractivity contribution >= 4 is 16.9 Å². The zero-order chi connectivity index (χ0) is 12.4. The van der Waals surface area contributed by atoms with Gasteiger partial charge in [-0.1, -0.05) is 0 Å². The fourth-order valence-electron chi connectivity index (χ4n) is 1.50. The second kappa shape index (κ2) is 4.47. The molecule has 0 unspecified atom stereocenters. The SMILES string of the molecule is CON(C)C(=O)c1ccc2nc(C)cnc2c1. The Bertz CT molecular complexity index is 569. The van der Waals surface area contributed by atoms with Crippen molar-refractivity contribution in [3.8, 4) is 0 Å². The average molecular weight is 231 g/mol. The van der Waals surface area contributed by atoms with Crippen LogP contribution < -0.4 is 0 Å². The van der Waals surface area contributed by atoms with Crippen LogP contribution in [0.2, 0.25) is 0 Å². The number of aryl methyl sites for hydroxylation is 1. The van der Waals surface area contributed by atoms with E-state index in [4.69, 9.17) is 4.84 Å². The topological polar surface area (TPSA) is 55.3 Å².